The highest BCUT2D eigenvalue weighted by Gasteiger charge is 2.31. The number of aryl methyl sites for hydroxylation is 1. The molecule has 2 aromatic heterocycles. The van der Waals surface area contributed by atoms with Gasteiger partial charge >= 0.3 is 11.8 Å². The first-order chi connectivity index (χ1) is 21.4. The first-order valence-corrected chi connectivity index (χ1v) is 15.4. The Balaban J connectivity index is 1.49. The molecule has 13 heteroatoms. The number of alkyl carbamates (subject to hydrolysis) is 1. The molecule has 5 rings (SSSR count). The zero-order valence-electron chi connectivity index (χ0n) is 26.5. The van der Waals surface area contributed by atoms with E-state index in [-0.39, 0.29) is 34.6 Å². The fourth-order valence-corrected chi connectivity index (χ4v) is 5.52. The summed E-state index contributed by atoms with van der Waals surface area (Å²) in [5.74, 6) is -0.193. The minimum atomic E-state index is -0.675. The lowest BCUT2D eigenvalue weighted by atomic mass is 10.1. The Kier molecular flexibility index (Phi) is 8.98. The summed E-state index contributed by atoms with van der Waals surface area (Å²) in [6.07, 6.45) is 6.38. The van der Waals surface area contributed by atoms with Crippen molar-refractivity contribution in [3.8, 4) is 0 Å². The van der Waals surface area contributed by atoms with Gasteiger partial charge in [-0.15, -0.1) is 0 Å². The third-order valence-electron chi connectivity index (χ3n) is 7.90. The van der Waals surface area contributed by atoms with Gasteiger partial charge in [0, 0.05) is 44.2 Å². The number of carbonyl (C=O) groups excluding carboxylic acids is 3. The van der Waals surface area contributed by atoms with Gasteiger partial charge in [0.2, 0.25) is 11.9 Å². The summed E-state index contributed by atoms with van der Waals surface area (Å²) < 4.78 is 9.39. The number of piperidine rings is 1. The molecular weight excluding hydrogens is 578 g/mol. The molecule has 0 radical (unpaired) electrons. The number of aromatic nitrogens is 4. The van der Waals surface area contributed by atoms with Gasteiger partial charge in [-0.2, -0.15) is 4.98 Å². The van der Waals surface area contributed by atoms with E-state index in [4.69, 9.17) is 9.72 Å². The fraction of sp³-hybridized carbons (Fsp3) is 0.500. The Labute approximate surface area is 260 Å². The summed E-state index contributed by atoms with van der Waals surface area (Å²) in [5.41, 5.74) is -0.971. The predicted octanol–water partition coefficient (Wildman–Crippen LogP) is 3.20. The first kappa shape index (κ1) is 31.7. The highest BCUT2D eigenvalue weighted by atomic mass is 16.6. The highest BCUT2D eigenvalue weighted by Crippen LogP contribution is 2.31. The fourth-order valence-electron chi connectivity index (χ4n) is 5.52. The Morgan fingerprint density at radius 3 is 2.51 bits per heavy atom. The van der Waals surface area contributed by atoms with Crippen LogP contribution in [0.1, 0.15) is 63.7 Å². The van der Waals surface area contributed by atoms with Crippen LogP contribution in [-0.4, -0.2) is 61.2 Å². The Morgan fingerprint density at radius 2 is 1.82 bits per heavy atom. The van der Waals surface area contributed by atoms with Crippen molar-refractivity contribution in [2.75, 3.05) is 23.3 Å². The molecule has 0 spiro atoms. The number of rotatable bonds is 9. The van der Waals surface area contributed by atoms with Crippen LogP contribution in [0.15, 0.2) is 46.0 Å². The Morgan fingerprint density at radius 1 is 1.09 bits per heavy atom. The number of nitrogens with one attached hydrogen (secondary N) is 2. The minimum Gasteiger partial charge on any atom is -0.444 e. The number of Topliss-reactive ketones (excluding diaryl/α,β-unsaturated/α-hetero) is 1. The molecule has 240 valence electrons. The zero-order valence-corrected chi connectivity index (χ0v) is 26.5. The van der Waals surface area contributed by atoms with E-state index in [2.05, 4.69) is 10.6 Å². The summed E-state index contributed by atoms with van der Waals surface area (Å²) in [7, 11) is 1.52. The Hall–Kier alpha value is -4.68. The van der Waals surface area contributed by atoms with Gasteiger partial charge in [0.15, 0.2) is 16.9 Å². The van der Waals surface area contributed by atoms with Crippen LogP contribution in [-0.2, 0) is 29.7 Å². The van der Waals surface area contributed by atoms with Crippen molar-refractivity contribution >= 4 is 40.6 Å². The molecule has 0 bridgehead atoms. The third kappa shape index (κ3) is 7.02. The third-order valence-corrected chi connectivity index (χ3v) is 7.90. The number of ether oxygens (including phenoxy) is 1. The lowest BCUT2D eigenvalue weighted by Gasteiger charge is -2.34. The maximum atomic E-state index is 14.0. The maximum absolute atomic E-state index is 14.0. The zero-order chi connectivity index (χ0) is 32.5. The topological polar surface area (TPSA) is 150 Å². The number of fused-ring (bicyclic) bond motifs is 1. The smallest absolute Gasteiger partial charge is 0.407 e. The van der Waals surface area contributed by atoms with Gasteiger partial charge < -0.3 is 24.8 Å². The van der Waals surface area contributed by atoms with Gasteiger partial charge in [-0.05, 0) is 65.5 Å². The minimum absolute atomic E-state index is 0.0552. The normalized spacial score (nSPS) is 17.1. The van der Waals surface area contributed by atoms with E-state index < -0.39 is 35.3 Å². The summed E-state index contributed by atoms with van der Waals surface area (Å²) >= 11 is 0. The lowest BCUT2D eigenvalue weighted by molar-refractivity contribution is -0.117. The van der Waals surface area contributed by atoms with Gasteiger partial charge in [-0.3, -0.25) is 23.5 Å². The molecule has 1 aliphatic heterocycles. The molecule has 1 aliphatic carbocycles. The van der Waals surface area contributed by atoms with E-state index in [0.29, 0.717) is 31.3 Å². The van der Waals surface area contributed by atoms with Crippen molar-refractivity contribution < 1.29 is 19.1 Å². The predicted molar refractivity (Wildman–Crippen MR) is 171 cm³/mol. The molecule has 2 fully saturated rings. The van der Waals surface area contributed by atoms with E-state index in [1.807, 2.05) is 24.0 Å². The number of ketones is 1. The molecule has 1 saturated heterocycles. The van der Waals surface area contributed by atoms with Crippen LogP contribution in [0.25, 0.3) is 11.2 Å². The summed E-state index contributed by atoms with van der Waals surface area (Å²) in [4.78, 5) is 72.7. The molecule has 2 aliphatic rings. The number of benzene rings is 1. The number of hydrogen-bond donors (Lipinski definition) is 2. The number of para-hydroxylation sites is 1. The van der Waals surface area contributed by atoms with Crippen molar-refractivity contribution in [1.29, 1.82) is 0 Å². The second kappa shape index (κ2) is 12.7. The monoisotopic (exact) mass is 619 g/mol. The van der Waals surface area contributed by atoms with Crippen molar-refractivity contribution in [2.45, 2.75) is 78.1 Å². The molecule has 3 heterocycles. The number of carbonyl (C=O) groups is 3. The van der Waals surface area contributed by atoms with Crippen LogP contribution in [0.3, 0.4) is 0 Å². The van der Waals surface area contributed by atoms with E-state index in [0.717, 1.165) is 30.3 Å². The number of hydrogen-bond acceptors (Lipinski definition) is 8. The highest BCUT2D eigenvalue weighted by molar-refractivity contribution is 6.05. The van der Waals surface area contributed by atoms with Crippen LogP contribution in [0.2, 0.25) is 0 Å². The summed E-state index contributed by atoms with van der Waals surface area (Å²) in [5, 5.41) is 5.75. The SMILES string of the molecule is C/C=C/Cn1c(N2CCC[C@@H](NC(=O)OC(C)(C)C)C2)nc2c1c(=O)n(CC(=O)c1ccccc1NC(=O)C1CC1)c(=O)n2C. The molecule has 13 nitrogen and oxygen atoms in total. The number of anilines is 2. The molecular formula is C32H41N7O6. The first-order valence-electron chi connectivity index (χ1n) is 15.4. The maximum Gasteiger partial charge on any atom is 0.407 e. The lowest BCUT2D eigenvalue weighted by Crippen LogP contribution is -2.49. The van der Waals surface area contributed by atoms with Gasteiger partial charge in [-0.1, -0.05) is 24.3 Å². The molecule has 0 unspecified atom stereocenters. The van der Waals surface area contributed by atoms with E-state index in [9.17, 15) is 24.0 Å². The summed E-state index contributed by atoms with van der Waals surface area (Å²) in [6, 6.07) is 6.39. The van der Waals surface area contributed by atoms with Gasteiger partial charge in [0.05, 0.1) is 12.2 Å². The van der Waals surface area contributed by atoms with Crippen LogP contribution in [0, 0.1) is 5.92 Å². The average Bonchev–Trinajstić information content (AvgIpc) is 3.77. The van der Waals surface area contributed by atoms with Gasteiger partial charge in [-0.25, -0.2) is 9.59 Å². The molecule has 1 aromatic carbocycles. The van der Waals surface area contributed by atoms with Gasteiger partial charge in [0.25, 0.3) is 5.56 Å². The quantitative estimate of drug-likeness (QED) is 0.274. The second-order valence-corrected chi connectivity index (χ2v) is 12.7. The van der Waals surface area contributed by atoms with Crippen LogP contribution < -0.4 is 26.8 Å². The van der Waals surface area contributed by atoms with E-state index in [1.165, 1.54) is 11.6 Å². The van der Waals surface area contributed by atoms with E-state index in [1.54, 1.807) is 49.6 Å². The average molecular weight is 620 g/mol. The van der Waals surface area contributed by atoms with Crippen LogP contribution in [0.4, 0.5) is 16.4 Å². The Bertz CT molecular complexity index is 1770. The molecule has 2 amide bonds. The second-order valence-electron chi connectivity index (χ2n) is 12.7. The molecule has 2 N–H and O–H groups in total. The van der Waals surface area contributed by atoms with Crippen LogP contribution in [0.5, 0.6) is 0 Å². The largest absolute Gasteiger partial charge is 0.444 e. The molecule has 45 heavy (non-hydrogen) atoms. The standard InChI is InChI=1S/C32H41N7O6/c1-6-7-17-38-25-26(35-29(38)37-16-10-11-21(18-37)33-30(43)45-32(2,3)4)36(5)31(44)39(28(25)42)19-24(40)22-12-8-9-13-23(22)34-27(41)20-14-15-20/h6-9,12-13,20-21H,10-11,14-19H2,1-5H3,(H,33,43)(H,34,41)/b7-6+/t21-/m1/s1. The van der Waals surface area contributed by atoms with E-state index >= 15 is 0 Å². The number of allylic oxidation sites excluding steroid dienone is 2. The molecule has 1 atom stereocenters. The number of amides is 2. The van der Waals surface area contributed by atoms with Crippen molar-refractivity contribution in [3.05, 3.63) is 62.8 Å². The van der Waals surface area contributed by atoms with Crippen molar-refractivity contribution in [1.82, 2.24) is 24.0 Å². The van der Waals surface area contributed by atoms with Crippen molar-refractivity contribution in [2.24, 2.45) is 13.0 Å². The molecule has 1 saturated carbocycles. The number of nitrogens with zero attached hydrogens (tertiary/aromatic N) is 5. The summed E-state index contributed by atoms with van der Waals surface area (Å²) in [6.45, 7) is 8.15. The molecule has 3 aromatic rings. The van der Waals surface area contributed by atoms with Crippen molar-refractivity contribution in [3.63, 3.8) is 0 Å². The van der Waals surface area contributed by atoms with Gasteiger partial charge in [0.1, 0.15) is 5.60 Å². The number of imidazole rings is 1. The van der Waals surface area contributed by atoms with Crippen LogP contribution >= 0.6 is 0 Å².